The van der Waals surface area contributed by atoms with Crippen molar-refractivity contribution in [2.24, 2.45) is 5.41 Å². The molecule has 0 aromatic carbocycles. The number of hydrogen-bond donors (Lipinski definition) is 0. The first kappa shape index (κ1) is 18.3. The molecule has 0 bridgehead atoms. The molecular formula is C20H39NO. The van der Waals surface area contributed by atoms with Gasteiger partial charge in [0.1, 0.15) is 0 Å². The van der Waals surface area contributed by atoms with E-state index in [0.717, 1.165) is 19.3 Å². The second-order valence-corrected chi connectivity index (χ2v) is 7.79. The highest BCUT2D eigenvalue weighted by atomic mass is 16.5. The van der Waals surface area contributed by atoms with Crippen LogP contribution in [0.1, 0.15) is 90.9 Å². The molecule has 22 heavy (non-hydrogen) atoms. The Bertz CT molecular complexity index is 275. The average molecular weight is 310 g/mol. The van der Waals surface area contributed by atoms with Crippen molar-refractivity contribution < 1.29 is 4.74 Å². The summed E-state index contributed by atoms with van der Waals surface area (Å²) < 4.78 is 5.59. The van der Waals surface area contributed by atoms with Gasteiger partial charge in [-0.1, -0.05) is 52.4 Å². The third-order valence-electron chi connectivity index (χ3n) is 6.21. The van der Waals surface area contributed by atoms with Gasteiger partial charge < -0.3 is 9.64 Å². The molecule has 2 heteroatoms. The average Bonchev–Trinajstić information content (AvgIpc) is 2.56. The number of unbranched alkanes of at least 4 members (excludes halogenated alkanes) is 4. The van der Waals surface area contributed by atoms with E-state index >= 15 is 0 Å². The maximum Gasteiger partial charge on any atom is 0.0471 e. The van der Waals surface area contributed by atoms with Crippen LogP contribution in [0.25, 0.3) is 0 Å². The number of piperidine rings is 1. The highest BCUT2D eigenvalue weighted by molar-refractivity contribution is 4.89. The molecule has 2 aliphatic heterocycles. The molecule has 0 radical (unpaired) electrons. The van der Waals surface area contributed by atoms with Crippen LogP contribution in [0.5, 0.6) is 0 Å². The molecule has 0 N–H and O–H groups in total. The molecule has 1 atom stereocenters. The van der Waals surface area contributed by atoms with Gasteiger partial charge in [0, 0.05) is 19.3 Å². The van der Waals surface area contributed by atoms with Crippen molar-refractivity contribution in [1.82, 2.24) is 4.90 Å². The lowest BCUT2D eigenvalue weighted by Crippen LogP contribution is -2.47. The predicted octanol–water partition coefficient (Wildman–Crippen LogP) is 5.41. The summed E-state index contributed by atoms with van der Waals surface area (Å²) >= 11 is 0. The van der Waals surface area contributed by atoms with Gasteiger partial charge in [-0.25, -0.2) is 0 Å². The first-order valence-corrected chi connectivity index (χ1v) is 10.1. The largest absolute Gasteiger partial charge is 0.381 e. The first-order chi connectivity index (χ1) is 10.8. The Morgan fingerprint density at radius 1 is 0.818 bits per heavy atom. The first-order valence-electron chi connectivity index (χ1n) is 10.1. The smallest absolute Gasteiger partial charge is 0.0471 e. The molecule has 0 amide bonds. The SMILES string of the molecule is CCCCCCC(CCCC)N1CCC2(CCOCC2)CC1. The van der Waals surface area contributed by atoms with Gasteiger partial charge in [0.15, 0.2) is 0 Å². The van der Waals surface area contributed by atoms with Crippen molar-refractivity contribution in [3.8, 4) is 0 Å². The van der Waals surface area contributed by atoms with Crippen molar-refractivity contribution in [1.29, 1.82) is 0 Å². The Kier molecular flexibility index (Phi) is 8.24. The lowest BCUT2D eigenvalue weighted by Gasteiger charge is -2.46. The summed E-state index contributed by atoms with van der Waals surface area (Å²) in [5, 5.41) is 0. The third kappa shape index (κ3) is 5.53. The summed E-state index contributed by atoms with van der Waals surface area (Å²) in [4.78, 5) is 2.85. The number of nitrogens with zero attached hydrogens (tertiary/aromatic N) is 1. The highest BCUT2D eigenvalue weighted by Gasteiger charge is 2.37. The molecule has 0 aromatic heterocycles. The van der Waals surface area contributed by atoms with Crippen LogP contribution in [0.3, 0.4) is 0 Å². The standard InChI is InChI=1S/C20H39NO/c1-3-5-7-8-10-19(9-6-4-2)21-15-11-20(12-16-21)13-17-22-18-14-20/h19H,3-18H2,1-2H3. The van der Waals surface area contributed by atoms with Crippen LogP contribution in [-0.4, -0.2) is 37.2 Å². The second-order valence-electron chi connectivity index (χ2n) is 7.79. The number of ether oxygens (including phenoxy) is 1. The van der Waals surface area contributed by atoms with Crippen LogP contribution in [0.15, 0.2) is 0 Å². The maximum atomic E-state index is 5.59. The second kappa shape index (κ2) is 9.93. The predicted molar refractivity (Wildman–Crippen MR) is 95.4 cm³/mol. The summed E-state index contributed by atoms with van der Waals surface area (Å²) in [6, 6.07) is 0.869. The molecule has 1 spiro atoms. The van der Waals surface area contributed by atoms with E-state index in [-0.39, 0.29) is 0 Å². The highest BCUT2D eigenvalue weighted by Crippen LogP contribution is 2.41. The van der Waals surface area contributed by atoms with Crippen molar-refractivity contribution in [3.63, 3.8) is 0 Å². The fourth-order valence-electron chi connectivity index (χ4n) is 4.42. The van der Waals surface area contributed by atoms with Crippen LogP contribution < -0.4 is 0 Å². The van der Waals surface area contributed by atoms with Gasteiger partial charge in [0.25, 0.3) is 0 Å². The molecule has 2 rings (SSSR count). The molecule has 2 heterocycles. The van der Waals surface area contributed by atoms with Crippen LogP contribution in [-0.2, 0) is 4.74 Å². The molecule has 2 saturated heterocycles. The number of likely N-dealkylation sites (tertiary alicyclic amines) is 1. The summed E-state index contributed by atoms with van der Waals surface area (Å²) in [7, 11) is 0. The van der Waals surface area contributed by atoms with Crippen LogP contribution in [0.4, 0.5) is 0 Å². The van der Waals surface area contributed by atoms with E-state index in [1.165, 1.54) is 90.1 Å². The van der Waals surface area contributed by atoms with E-state index < -0.39 is 0 Å². The fourth-order valence-corrected chi connectivity index (χ4v) is 4.42. The topological polar surface area (TPSA) is 12.5 Å². The Morgan fingerprint density at radius 3 is 2.09 bits per heavy atom. The van der Waals surface area contributed by atoms with Crippen LogP contribution in [0.2, 0.25) is 0 Å². The Morgan fingerprint density at radius 2 is 1.45 bits per heavy atom. The Hall–Kier alpha value is -0.0800. The van der Waals surface area contributed by atoms with Crippen molar-refractivity contribution in [2.45, 2.75) is 96.9 Å². The zero-order chi connectivity index (χ0) is 15.7. The number of rotatable bonds is 9. The van der Waals surface area contributed by atoms with Gasteiger partial charge in [0.05, 0.1) is 0 Å². The zero-order valence-electron chi connectivity index (χ0n) is 15.2. The minimum Gasteiger partial charge on any atom is -0.381 e. The summed E-state index contributed by atoms with van der Waals surface area (Å²) in [6.45, 7) is 9.37. The Balaban J connectivity index is 1.77. The Labute approximate surface area is 139 Å². The van der Waals surface area contributed by atoms with E-state index in [1.807, 2.05) is 0 Å². The van der Waals surface area contributed by atoms with E-state index in [2.05, 4.69) is 18.7 Å². The molecule has 2 nitrogen and oxygen atoms in total. The van der Waals surface area contributed by atoms with Gasteiger partial charge in [-0.3, -0.25) is 0 Å². The van der Waals surface area contributed by atoms with Crippen LogP contribution >= 0.6 is 0 Å². The van der Waals surface area contributed by atoms with E-state index in [1.54, 1.807) is 0 Å². The lowest BCUT2D eigenvalue weighted by atomic mass is 9.72. The van der Waals surface area contributed by atoms with Crippen molar-refractivity contribution >= 4 is 0 Å². The monoisotopic (exact) mass is 309 g/mol. The molecule has 1 unspecified atom stereocenters. The summed E-state index contributed by atoms with van der Waals surface area (Å²) in [5.41, 5.74) is 0.645. The van der Waals surface area contributed by atoms with Gasteiger partial charge in [0.2, 0.25) is 0 Å². The quantitative estimate of drug-likeness (QED) is 0.528. The minimum atomic E-state index is 0.645. The maximum absolute atomic E-state index is 5.59. The fraction of sp³-hybridized carbons (Fsp3) is 1.00. The molecule has 2 aliphatic rings. The normalized spacial score (nSPS) is 23.7. The zero-order valence-corrected chi connectivity index (χ0v) is 15.2. The van der Waals surface area contributed by atoms with Gasteiger partial charge in [-0.15, -0.1) is 0 Å². The van der Waals surface area contributed by atoms with Crippen LogP contribution in [0, 0.1) is 5.41 Å². The summed E-state index contributed by atoms with van der Waals surface area (Å²) in [5.74, 6) is 0. The van der Waals surface area contributed by atoms with Gasteiger partial charge in [-0.05, 0) is 57.0 Å². The van der Waals surface area contributed by atoms with Gasteiger partial charge in [-0.2, -0.15) is 0 Å². The third-order valence-corrected chi connectivity index (χ3v) is 6.21. The molecule has 0 saturated carbocycles. The number of hydrogen-bond acceptors (Lipinski definition) is 2. The van der Waals surface area contributed by atoms with Crippen molar-refractivity contribution in [3.05, 3.63) is 0 Å². The van der Waals surface area contributed by atoms with Crippen molar-refractivity contribution in [2.75, 3.05) is 26.3 Å². The minimum absolute atomic E-state index is 0.645. The van der Waals surface area contributed by atoms with Gasteiger partial charge >= 0.3 is 0 Å². The summed E-state index contributed by atoms with van der Waals surface area (Å²) in [6.07, 6.45) is 16.8. The van der Waals surface area contributed by atoms with E-state index in [9.17, 15) is 0 Å². The molecule has 2 fully saturated rings. The molecule has 0 aliphatic carbocycles. The molecule has 130 valence electrons. The lowest BCUT2D eigenvalue weighted by molar-refractivity contribution is -0.0292. The van der Waals surface area contributed by atoms with E-state index in [0.29, 0.717) is 5.41 Å². The molecule has 0 aromatic rings. The molecular weight excluding hydrogens is 270 g/mol. The van der Waals surface area contributed by atoms with E-state index in [4.69, 9.17) is 4.74 Å².